The molecule has 1 saturated heterocycles. The quantitative estimate of drug-likeness (QED) is 0.783. The van der Waals surface area contributed by atoms with Gasteiger partial charge in [-0.05, 0) is 39.5 Å². The second kappa shape index (κ2) is 6.02. The number of ether oxygens (including phenoxy) is 1. The lowest BCUT2D eigenvalue weighted by atomic mass is 9.98. The molecule has 1 aliphatic heterocycles. The Morgan fingerprint density at radius 1 is 1.39 bits per heavy atom. The molecule has 2 atom stereocenters. The fraction of sp³-hybridized carbons (Fsp3) is 0.929. The van der Waals surface area contributed by atoms with Crippen LogP contribution in [0.15, 0.2) is 0 Å². The first-order valence-electron chi connectivity index (χ1n) is 7.34. The van der Waals surface area contributed by atoms with Crippen molar-refractivity contribution in [2.24, 2.45) is 0 Å². The van der Waals surface area contributed by atoms with Crippen LogP contribution >= 0.6 is 0 Å². The molecule has 0 bridgehead atoms. The highest BCUT2D eigenvalue weighted by Gasteiger charge is 2.41. The molecule has 2 fully saturated rings. The van der Waals surface area contributed by atoms with Crippen molar-refractivity contribution in [1.29, 1.82) is 0 Å². The summed E-state index contributed by atoms with van der Waals surface area (Å²) in [5.41, 5.74) is 0.196. The second-order valence-corrected chi connectivity index (χ2v) is 5.69. The van der Waals surface area contributed by atoms with Crippen molar-refractivity contribution in [3.63, 3.8) is 0 Å². The Morgan fingerprint density at radius 2 is 2.11 bits per heavy atom. The number of nitrogens with one attached hydrogen (secondary N) is 2. The van der Waals surface area contributed by atoms with Crippen molar-refractivity contribution in [3.8, 4) is 0 Å². The maximum absolute atomic E-state index is 11.6. The number of rotatable bonds is 5. The van der Waals surface area contributed by atoms with Gasteiger partial charge in [0, 0.05) is 13.1 Å². The molecule has 1 aliphatic carbocycles. The molecular formula is C14H26N2O2. The van der Waals surface area contributed by atoms with Gasteiger partial charge in [0.05, 0.1) is 17.7 Å². The summed E-state index contributed by atoms with van der Waals surface area (Å²) in [5.74, 6) is 0.0751. The van der Waals surface area contributed by atoms with Crippen molar-refractivity contribution in [1.82, 2.24) is 10.6 Å². The summed E-state index contributed by atoms with van der Waals surface area (Å²) in [6, 6.07) is -0.131. The summed E-state index contributed by atoms with van der Waals surface area (Å²) < 4.78 is 6.21. The summed E-state index contributed by atoms with van der Waals surface area (Å²) in [5, 5.41) is 6.11. The molecule has 1 spiro atoms. The lowest BCUT2D eigenvalue weighted by Crippen LogP contribution is -2.45. The van der Waals surface area contributed by atoms with E-state index in [4.69, 9.17) is 4.74 Å². The minimum absolute atomic E-state index is 0.0751. The minimum Gasteiger partial charge on any atom is -0.370 e. The Labute approximate surface area is 110 Å². The van der Waals surface area contributed by atoms with Gasteiger partial charge in [-0.2, -0.15) is 0 Å². The third-order valence-corrected chi connectivity index (χ3v) is 4.25. The van der Waals surface area contributed by atoms with Gasteiger partial charge in [0.2, 0.25) is 5.91 Å². The van der Waals surface area contributed by atoms with E-state index in [1.54, 1.807) is 0 Å². The molecule has 2 N–H and O–H groups in total. The average molecular weight is 254 g/mol. The summed E-state index contributed by atoms with van der Waals surface area (Å²) >= 11 is 0. The molecule has 0 radical (unpaired) electrons. The molecule has 2 aliphatic rings. The highest BCUT2D eigenvalue weighted by atomic mass is 16.5. The molecule has 4 nitrogen and oxygen atoms in total. The zero-order chi connectivity index (χ0) is 13.0. The van der Waals surface area contributed by atoms with E-state index in [1.807, 2.05) is 13.8 Å². The van der Waals surface area contributed by atoms with Gasteiger partial charge in [-0.1, -0.05) is 12.8 Å². The lowest BCUT2D eigenvalue weighted by molar-refractivity contribution is -0.122. The Kier molecular flexibility index (Phi) is 4.62. The van der Waals surface area contributed by atoms with E-state index in [1.165, 1.54) is 32.1 Å². The van der Waals surface area contributed by atoms with Crippen molar-refractivity contribution in [2.45, 2.75) is 70.1 Å². The first-order valence-corrected chi connectivity index (χ1v) is 7.34. The van der Waals surface area contributed by atoms with Crippen LogP contribution in [0, 0.1) is 0 Å². The number of hydrogen-bond donors (Lipinski definition) is 2. The Hall–Kier alpha value is -0.610. The Balaban J connectivity index is 1.70. The zero-order valence-corrected chi connectivity index (χ0v) is 11.6. The van der Waals surface area contributed by atoms with Gasteiger partial charge in [-0.25, -0.2) is 0 Å². The monoisotopic (exact) mass is 254 g/mol. The van der Waals surface area contributed by atoms with E-state index < -0.39 is 0 Å². The van der Waals surface area contributed by atoms with Crippen molar-refractivity contribution in [2.75, 3.05) is 13.1 Å². The van der Waals surface area contributed by atoms with E-state index in [0.717, 1.165) is 13.0 Å². The van der Waals surface area contributed by atoms with E-state index in [2.05, 4.69) is 10.6 Å². The predicted molar refractivity (Wildman–Crippen MR) is 71.5 cm³/mol. The fourth-order valence-corrected chi connectivity index (χ4v) is 3.15. The van der Waals surface area contributed by atoms with Gasteiger partial charge < -0.3 is 15.4 Å². The van der Waals surface area contributed by atoms with Crippen LogP contribution in [0.4, 0.5) is 0 Å². The topological polar surface area (TPSA) is 50.4 Å². The van der Waals surface area contributed by atoms with Crippen LogP contribution in [0.25, 0.3) is 0 Å². The summed E-state index contributed by atoms with van der Waals surface area (Å²) in [4.78, 5) is 11.6. The molecule has 0 aromatic heterocycles. The van der Waals surface area contributed by atoms with Gasteiger partial charge >= 0.3 is 0 Å². The molecular weight excluding hydrogens is 228 g/mol. The number of likely N-dealkylation sites (N-methyl/N-ethyl adjacent to an activating group) is 1. The standard InChI is InChI=1S/C14H26N2O2/c1-3-15-13(17)11(2)16-10-12-6-9-14(18-12)7-4-5-8-14/h11-12,16H,3-10H2,1-2H3,(H,15,17). The molecule has 1 heterocycles. The van der Waals surface area contributed by atoms with Crippen LogP contribution in [0.3, 0.4) is 0 Å². The fourth-order valence-electron chi connectivity index (χ4n) is 3.15. The Bertz CT molecular complexity index is 288. The van der Waals surface area contributed by atoms with Crippen LogP contribution in [-0.2, 0) is 9.53 Å². The SMILES string of the molecule is CCNC(=O)C(C)NCC1CCC2(CCCC2)O1. The van der Waals surface area contributed by atoms with Gasteiger partial charge in [0.15, 0.2) is 0 Å². The second-order valence-electron chi connectivity index (χ2n) is 5.69. The molecule has 2 rings (SSSR count). The smallest absolute Gasteiger partial charge is 0.236 e. The van der Waals surface area contributed by atoms with Crippen LogP contribution in [0.2, 0.25) is 0 Å². The molecule has 18 heavy (non-hydrogen) atoms. The maximum atomic E-state index is 11.6. The number of hydrogen-bond acceptors (Lipinski definition) is 3. The van der Waals surface area contributed by atoms with E-state index >= 15 is 0 Å². The first kappa shape index (κ1) is 13.8. The summed E-state index contributed by atoms with van der Waals surface area (Å²) in [7, 11) is 0. The first-order chi connectivity index (χ1) is 8.65. The third-order valence-electron chi connectivity index (χ3n) is 4.25. The zero-order valence-electron chi connectivity index (χ0n) is 11.6. The van der Waals surface area contributed by atoms with Gasteiger partial charge in [0.1, 0.15) is 0 Å². The van der Waals surface area contributed by atoms with E-state index in [-0.39, 0.29) is 17.6 Å². The lowest BCUT2D eigenvalue weighted by Gasteiger charge is -2.24. The van der Waals surface area contributed by atoms with E-state index in [0.29, 0.717) is 12.6 Å². The molecule has 1 saturated carbocycles. The molecule has 0 aromatic rings. The normalized spacial score (nSPS) is 27.6. The highest BCUT2D eigenvalue weighted by molar-refractivity contribution is 5.81. The maximum Gasteiger partial charge on any atom is 0.236 e. The van der Waals surface area contributed by atoms with Gasteiger partial charge in [-0.3, -0.25) is 4.79 Å². The molecule has 4 heteroatoms. The minimum atomic E-state index is -0.131. The largest absolute Gasteiger partial charge is 0.370 e. The van der Waals surface area contributed by atoms with Crippen LogP contribution < -0.4 is 10.6 Å². The molecule has 1 amide bonds. The van der Waals surface area contributed by atoms with Crippen molar-refractivity contribution < 1.29 is 9.53 Å². The summed E-state index contributed by atoms with van der Waals surface area (Å²) in [6.45, 7) is 5.33. The van der Waals surface area contributed by atoms with Crippen LogP contribution in [0.5, 0.6) is 0 Å². The van der Waals surface area contributed by atoms with E-state index in [9.17, 15) is 4.79 Å². The number of carbonyl (C=O) groups excluding carboxylic acids is 1. The average Bonchev–Trinajstić information content (AvgIpc) is 2.98. The van der Waals surface area contributed by atoms with Gasteiger partial charge in [0.25, 0.3) is 0 Å². The highest BCUT2D eigenvalue weighted by Crippen LogP contribution is 2.43. The van der Waals surface area contributed by atoms with Crippen LogP contribution in [0.1, 0.15) is 52.4 Å². The van der Waals surface area contributed by atoms with Crippen molar-refractivity contribution in [3.05, 3.63) is 0 Å². The van der Waals surface area contributed by atoms with Crippen molar-refractivity contribution >= 4 is 5.91 Å². The molecule has 104 valence electrons. The van der Waals surface area contributed by atoms with Gasteiger partial charge in [-0.15, -0.1) is 0 Å². The third kappa shape index (κ3) is 3.23. The summed E-state index contributed by atoms with van der Waals surface area (Å²) in [6.07, 6.45) is 7.72. The molecule has 0 aromatic carbocycles. The Morgan fingerprint density at radius 3 is 2.78 bits per heavy atom. The molecule has 2 unspecified atom stereocenters. The number of carbonyl (C=O) groups is 1. The van der Waals surface area contributed by atoms with Crippen LogP contribution in [-0.4, -0.2) is 36.7 Å². The number of amides is 1. The predicted octanol–water partition coefficient (Wildman–Crippen LogP) is 1.59.